The maximum atomic E-state index is 13.1. The molecule has 3 rings (SSSR count). The molecule has 1 aromatic carbocycles. The number of aromatic nitrogens is 4. The summed E-state index contributed by atoms with van der Waals surface area (Å²) in [6.07, 6.45) is -0.0375. The van der Waals surface area contributed by atoms with E-state index in [2.05, 4.69) is 15.0 Å². The zero-order valence-electron chi connectivity index (χ0n) is 24.0. The van der Waals surface area contributed by atoms with E-state index in [0.717, 1.165) is 0 Å². The molecule has 14 heteroatoms. The van der Waals surface area contributed by atoms with E-state index < -0.39 is 37.1 Å². The van der Waals surface area contributed by atoms with E-state index in [-0.39, 0.29) is 24.2 Å². The molecule has 2 heterocycles. The first-order valence-corrected chi connectivity index (χ1v) is 14.3. The monoisotopic (exact) mass is 577 g/mol. The Kier molecular flexibility index (Phi) is 9.55. The zero-order valence-corrected chi connectivity index (χ0v) is 24.9. The summed E-state index contributed by atoms with van der Waals surface area (Å²) in [7, 11) is -2.28. The first-order chi connectivity index (χ1) is 18.6. The number of nitrogens with zero attached hydrogens (tertiary/aromatic N) is 5. The second kappa shape index (κ2) is 12.3. The molecule has 0 aliphatic carbocycles. The van der Waals surface area contributed by atoms with Gasteiger partial charge in [0.25, 0.3) is 0 Å². The van der Waals surface area contributed by atoms with Gasteiger partial charge in [0.2, 0.25) is 0 Å². The number of carbonyl (C=O) groups is 2. The lowest BCUT2D eigenvalue weighted by Crippen LogP contribution is -2.44. The highest BCUT2D eigenvalue weighted by Gasteiger charge is 2.35. The molecule has 0 bridgehead atoms. The molecular formula is C26H36N5O8P. The van der Waals surface area contributed by atoms with E-state index in [1.165, 1.54) is 19.8 Å². The maximum Gasteiger partial charge on any atom is 0.425 e. The molecule has 0 N–H and O–H groups in total. The van der Waals surface area contributed by atoms with Crippen molar-refractivity contribution in [3.8, 4) is 5.75 Å². The second-order valence-corrected chi connectivity index (χ2v) is 12.9. The maximum absolute atomic E-state index is 13.1. The Morgan fingerprint density at radius 2 is 1.57 bits per heavy atom. The fourth-order valence-electron chi connectivity index (χ4n) is 3.33. The Bertz CT molecular complexity index is 1340. The summed E-state index contributed by atoms with van der Waals surface area (Å²) in [5.74, 6) is 0.300. The molecule has 0 aliphatic heterocycles. The minimum Gasteiger partial charge on any atom is -0.443 e. The van der Waals surface area contributed by atoms with Crippen molar-refractivity contribution in [3.05, 3.63) is 43.0 Å². The summed E-state index contributed by atoms with van der Waals surface area (Å²) in [5, 5.41) is 0. The van der Waals surface area contributed by atoms with Gasteiger partial charge in [0.15, 0.2) is 23.3 Å². The number of rotatable bonds is 9. The average Bonchev–Trinajstić information content (AvgIpc) is 3.25. The number of para-hydroxylation sites is 1. The summed E-state index contributed by atoms with van der Waals surface area (Å²) in [6.45, 7) is 12.1. The van der Waals surface area contributed by atoms with Crippen molar-refractivity contribution in [1.29, 1.82) is 0 Å². The quantitative estimate of drug-likeness (QED) is 0.285. The normalized spacial score (nSPS) is 14.3. The van der Waals surface area contributed by atoms with E-state index >= 15 is 0 Å². The SMILES string of the molecule is COP(=O)(CO[C@H](C)Cn1cnc2c(N(C(=O)OC(C)(C)C)C(=O)OC(C)(C)C)ncnc21)Oc1ccccc1. The van der Waals surface area contributed by atoms with Gasteiger partial charge in [-0.15, -0.1) is 0 Å². The Labute approximate surface area is 233 Å². The van der Waals surface area contributed by atoms with E-state index in [4.69, 9.17) is 23.3 Å². The van der Waals surface area contributed by atoms with Crippen LogP contribution in [0.15, 0.2) is 43.0 Å². The highest BCUT2D eigenvalue weighted by molar-refractivity contribution is 7.54. The molecule has 0 saturated heterocycles. The van der Waals surface area contributed by atoms with Gasteiger partial charge in [-0.2, -0.15) is 4.90 Å². The van der Waals surface area contributed by atoms with Crippen molar-refractivity contribution in [1.82, 2.24) is 19.5 Å². The number of ether oxygens (including phenoxy) is 3. The third-order valence-electron chi connectivity index (χ3n) is 4.98. The van der Waals surface area contributed by atoms with Crippen LogP contribution in [0.2, 0.25) is 0 Å². The minimum absolute atomic E-state index is 0.0963. The number of hydrogen-bond acceptors (Lipinski definition) is 11. The first kappa shape index (κ1) is 31.0. The lowest BCUT2D eigenvalue weighted by molar-refractivity contribution is 0.0429. The van der Waals surface area contributed by atoms with E-state index in [1.807, 2.05) is 6.07 Å². The number of hydrogen-bond donors (Lipinski definition) is 0. The zero-order chi connectivity index (χ0) is 29.7. The number of amides is 2. The standard InChI is InChI=1S/C26H36N5O8P/c1-18(36-17-40(34,35-8)39-19-12-10-9-11-13-19)14-30-16-29-20-21(30)27-15-28-22(20)31(23(32)37-25(2,3)4)24(33)38-26(5,6)7/h9-13,15-16,18H,14,17H2,1-8H3/t18-,40?/m1/s1. The third-order valence-corrected chi connectivity index (χ3v) is 6.49. The summed E-state index contributed by atoms with van der Waals surface area (Å²) in [4.78, 5) is 39.7. The van der Waals surface area contributed by atoms with Gasteiger partial charge in [0.05, 0.1) is 19.0 Å². The molecule has 0 saturated carbocycles. The van der Waals surface area contributed by atoms with Gasteiger partial charge in [-0.25, -0.2) is 29.1 Å². The number of fused-ring (bicyclic) bond motifs is 1. The van der Waals surface area contributed by atoms with Crippen LogP contribution in [0.25, 0.3) is 11.2 Å². The molecule has 13 nitrogen and oxygen atoms in total. The van der Waals surface area contributed by atoms with E-state index in [0.29, 0.717) is 16.3 Å². The lowest BCUT2D eigenvalue weighted by Gasteiger charge is -2.28. The highest BCUT2D eigenvalue weighted by atomic mass is 31.2. The molecule has 3 aromatic rings. The lowest BCUT2D eigenvalue weighted by atomic mass is 10.2. The van der Waals surface area contributed by atoms with Crippen molar-refractivity contribution in [2.45, 2.75) is 72.3 Å². The summed E-state index contributed by atoms with van der Waals surface area (Å²) < 4.78 is 42.0. The average molecular weight is 578 g/mol. The molecule has 1 unspecified atom stereocenters. The molecule has 0 spiro atoms. The van der Waals surface area contributed by atoms with Crippen LogP contribution < -0.4 is 9.42 Å². The van der Waals surface area contributed by atoms with Gasteiger partial charge >= 0.3 is 19.8 Å². The van der Waals surface area contributed by atoms with Crippen molar-refractivity contribution in [2.75, 3.05) is 18.4 Å². The molecule has 2 atom stereocenters. The minimum atomic E-state index is -3.57. The summed E-state index contributed by atoms with van der Waals surface area (Å²) >= 11 is 0. The number of benzene rings is 1. The van der Waals surface area contributed by atoms with Crippen LogP contribution in [0, 0.1) is 0 Å². The number of carbonyl (C=O) groups excluding carboxylic acids is 2. The predicted octanol–water partition coefficient (Wildman–Crippen LogP) is 5.78. The Balaban J connectivity index is 1.83. The van der Waals surface area contributed by atoms with Crippen molar-refractivity contribution < 1.29 is 37.4 Å². The molecule has 2 aromatic heterocycles. The van der Waals surface area contributed by atoms with Crippen LogP contribution in [-0.2, 0) is 29.8 Å². The van der Waals surface area contributed by atoms with Gasteiger partial charge in [-0.3, -0.25) is 0 Å². The number of imidazole rings is 1. The first-order valence-electron chi connectivity index (χ1n) is 12.5. The van der Waals surface area contributed by atoms with Gasteiger partial charge in [-0.1, -0.05) is 18.2 Å². The predicted molar refractivity (Wildman–Crippen MR) is 147 cm³/mol. The van der Waals surface area contributed by atoms with Crippen LogP contribution in [0.3, 0.4) is 0 Å². The van der Waals surface area contributed by atoms with Crippen LogP contribution in [0.4, 0.5) is 15.4 Å². The van der Waals surface area contributed by atoms with Gasteiger partial charge in [0, 0.05) is 7.11 Å². The Hall–Kier alpha value is -3.54. The van der Waals surface area contributed by atoms with Crippen LogP contribution in [0.1, 0.15) is 48.5 Å². The van der Waals surface area contributed by atoms with Crippen molar-refractivity contribution in [3.63, 3.8) is 0 Å². The highest BCUT2D eigenvalue weighted by Crippen LogP contribution is 2.47. The fourth-order valence-corrected chi connectivity index (χ4v) is 4.45. The number of imide groups is 1. The molecule has 0 aliphatic rings. The van der Waals surface area contributed by atoms with Crippen LogP contribution in [0.5, 0.6) is 5.75 Å². The van der Waals surface area contributed by atoms with Crippen molar-refractivity contribution >= 4 is 36.8 Å². The van der Waals surface area contributed by atoms with Crippen LogP contribution >= 0.6 is 7.60 Å². The topological polar surface area (TPSA) is 144 Å². The largest absolute Gasteiger partial charge is 0.443 e. The van der Waals surface area contributed by atoms with E-state index in [1.54, 1.807) is 77.3 Å². The molecule has 40 heavy (non-hydrogen) atoms. The van der Waals surface area contributed by atoms with Crippen molar-refractivity contribution in [2.24, 2.45) is 0 Å². The fraction of sp³-hybridized carbons (Fsp3) is 0.500. The van der Waals surface area contributed by atoms with E-state index in [9.17, 15) is 14.2 Å². The van der Waals surface area contributed by atoms with Gasteiger partial charge in [0.1, 0.15) is 23.3 Å². The molecule has 0 radical (unpaired) electrons. The molecule has 218 valence electrons. The molecule has 2 amide bonds. The Morgan fingerprint density at radius 3 is 2.12 bits per heavy atom. The molecule has 0 fully saturated rings. The van der Waals surface area contributed by atoms with Crippen LogP contribution in [-0.4, -0.2) is 62.5 Å². The second-order valence-electron chi connectivity index (χ2n) is 10.9. The summed E-state index contributed by atoms with van der Waals surface area (Å²) in [6, 6.07) is 8.66. The third kappa shape index (κ3) is 8.48. The summed E-state index contributed by atoms with van der Waals surface area (Å²) in [5.41, 5.74) is -1.28. The van der Waals surface area contributed by atoms with Gasteiger partial charge < -0.3 is 27.8 Å². The van der Waals surface area contributed by atoms with Gasteiger partial charge in [-0.05, 0) is 60.6 Å². The smallest absolute Gasteiger partial charge is 0.425 e. The molecular weight excluding hydrogens is 541 g/mol. The number of anilines is 1. The Morgan fingerprint density at radius 1 is 0.975 bits per heavy atom.